The molecule has 2 rings (SSSR count). The Kier molecular flexibility index (Phi) is 2.00. The third-order valence-corrected chi connectivity index (χ3v) is 3.55. The van der Waals surface area contributed by atoms with Crippen LogP contribution in [0.25, 0.3) is 0 Å². The molecule has 0 fully saturated rings. The summed E-state index contributed by atoms with van der Waals surface area (Å²) < 4.78 is 6.62. The first-order chi connectivity index (χ1) is 5.98. The van der Waals surface area contributed by atoms with E-state index in [9.17, 15) is 4.79 Å². The van der Waals surface area contributed by atoms with Gasteiger partial charge in [-0.05, 0) is 29.8 Å². The highest BCUT2D eigenvalue weighted by Crippen LogP contribution is 2.40. The Morgan fingerprint density at radius 1 is 1.62 bits per heavy atom. The molecule has 4 heteroatoms. The van der Waals surface area contributed by atoms with Crippen LogP contribution in [0.15, 0.2) is 9.85 Å². The number of ether oxygens (including phenoxy) is 1. The van der Waals surface area contributed by atoms with Crippen LogP contribution in [0.4, 0.5) is 0 Å². The van der Waals surface area contributed by atoms with Crippen LogP contribution in [0.2, 0.25) is 0 Å². The number of carbonyl (C=O) groups is 1. The maximum absolute atomic E-state index is 11.6. The number of Topliss-reactive ketones (excluding diaryl/α,β-unsaturated/α-hetero) is 1. The normalized spacial score (nSPS) is 19.5. The Balaban J connectivity index is 2.48. The maximum atomic E-state index is 11.6. The van der Waals surface area contributed by atoms with Gasteiger partial charge in [0.05, 0.1) is 10.2 Å². The molecule has 0 N–H and O–H groups in total. The molecule has 0 radical (unpaired) electrons. The summed E-state index contributed by atoms with van der Waals surface area (Å²) in [7, 11) is 0. The molecule has 1 aromatic rings. The molecular formula is C9H9BrO2S. The third kappa shape index (κ3) is 1.65. The van der Waals surface area contributed by atoms with E-state index >= 15 is 0 Å². The molecule has 1 aliphatic heterocycles. The van der Waals surface area contributed by atoms with Crippen molar-refractivity contribution in [3.63, 3.8) is 0 Å². The van der Waals surface area contributed by atoms with Gasteiger partial charge in [-0.15, -0.1) is 11.3 Å². The van der Waals surface area contributed by atoms with Crippen LogP contribution in [0.5, 0.6) is 5.75 Å². The first-order valence-electron chi connectivity index (χ1n) is 3.99. The highest BCUT2D eigenvalue weighted by atomic mass is 79.9. The average Bonchev–Trinajstić information content (AvgIpc) is 2.27. The molecule has 0 aromatic carbocycles. The van der Waals surface area contributed by atoms with E-state index in [4.69, 9.17) is 4.74 Å². The van der Waals surface area contributed by atoms with E-state index in [1.54, 1.807) is 0 Å². The largest absolute Gasteiger partial charge is 0.486 e. The monoisotopic (exact) mass is 260 g/mol. The topological polar surface area (TPSA) is 26.3 Å². The van der Waals surface area contributed by atoms with Crippen molar-refractivity contribution in [1.29, 1.82) is 0 Å². The number of rotatable bonds is 0. The zero-order chi connectivity index (χ0) is 9.64. The van der Waals surface area contributed by atoms with Gasteiger partial charge in [0.1, 0.15) is 16.2 Å². The second kappa shape index (κ2) is 2.82. The smallest absolute Gasteiger partial charge is 0.180 e. The molecule has 0 aliphatic carbocycles. The summed E-state index contributed by atoms with van der Waals surface area (Å²) in [6.07, 6.45) is 0.465. The third-order valence-electron chi connectivity index (χ3n) is 1.89. The van der Waals surface area contributed by atoms with E-state index in [0.29, 0.717) is 6.42 Å². The van der Waals surface area contributed by atoms with Crippen molar-refractivity contribution >= 4 is 33.0 Å². The van der Waals surface area contributed by atoms with E-state index in [1.165, 1.54) is 11.3 Å². The molecule has 0 spiro atoms. The minimum Gasteiger partial charge on any atom is -0.486 e. The molecule has 0 bridgehead atoms. The number of fused-ring (bicyclic) bond motifs is 1. The van der Waals surface area contributed by atoms with Crippen LogP contribution in [0.3, 0.4) is 0 Å². The summed E-state index contributed by atoms with van der Waals surface area (Å²) in [5, 5.41) is 0. The van der Waals surface area contributed by atoms with Gasteiger partial charge in [0.2, 0.25) is 0 Å². The second-order valence-corrected chi connectivity index (χ2v) is 6.14. The number of hydrogen-bond acceptors (Lipinski definition) is 3. The fraction of sp³-hybridized carbons (Fsp3) is 0.444. The van der Waals surface area contributed by atoms with Gasteiger partial charge in [-0.2, -0.15) is 0 Å². The lowest BCUT2D eigenvalue weighted by Gasteiger charge is -2.29. The average molecular weight is 261 g/mol. The van der Waals surface area contributed by atoms with Crippen molar-refractivity contribution < 1.29 is 9.53 Å². The highest BCUT2D eigenvalue weighted by molar-refractivity contribution is 9.11. The quantitative estimate of drug-likeness (QED) is 0.716. The standard InChI is InChI=1S/C9H9BrO2S/c1-9(2)4-5(11)8-6(12-9)3-7(10)13-8/h3H,4H2,1-2H3. The molecule has 0 saturated heterocycles. The predicted molar refractivity (Wildman–Crippen MR) is 55.7 cm³/mol. The van der Waals surface area contributed by atoms with Crippen molar-refractivity contribution in [2.24, 2.45) is 0 Å². The summed E-state index contributed by atoms with van der Waals surface area (Å²) in [6.45, 7) is 3.86. The number of carbonyl (C=O) groups excluding carboxylic acids is 1. The molecule has 1 aliphatic rings. The number of ketones is 1. The summed E-state index contributed by atoms with van der Waals surface area (Å²) >= 11 is 4.78. The minimum atomic E-state index is -0.357. The first-order valence-corrected chi connectivity index (χ1v) is 5.60. The molecule has 0 amide bonds. The summed E-state index contributed by atoms with van der Waals surface area (Å²) in [6, 6.07) is 1.86. The molecular weight excluding hydrogens is 252 g/mol. The predicted octanol–water partition coefficient (Wildman–Crippen LogP) is 3.25. The molecule has 2 heterocycles. The van der Waals surface area contributed by atoms with Crippen molar-refractivity contribution in [2.45, 2.75) is 25.9 Å². The van der Waals surface area contributed by atoms with E-state index in [1.807, 2.05) is 19.9 Å². The Morgan fingerprint density at radius 3 is 3.00 bits per heavy atom. The van der Waals surface area contributed by atoms with Crippen molar-refractivity contribution in [3.8, 4) is 5.75 Å². The van der Waals surface area contributed by atoms with E-state index in [-0.39, 0.29) is 11.4 Å². The summed E-state index contributed by atoms with van der Waals surface area (Å²) in [5.41, 5.74) is -0.357. The number of hydrogen-bond donors (Lipinski definition) is 0. The zero-order valence-corrected chi connectivity index (χ0v) is 9.79. The lowest BCUT2D eigenvalue weighted by Crippen LogP contribution is -2.35. The SMILES string of the molecule is CC1(C)CC(=O)c2sc(Br)cc2O1. The van der Waals surface area contributed by atoms with Gasteiger partial charge in [0.25, 0.3) is 0 Å². The Labute approximate surface area is 89.0 Å². The van der Waals surface area contributed by atoms with Gasteiger partial charge in [0.15, 0.2) is 5.78 Å². The summed E-state index contributed by atoms with van der Waals surface area (Å²) in [4.78, 5) is 12.4. The Morgan fingerprint density at radius 2 is 2.31 bits per heavy atom. The molecule has 0 saturated carbocycles. The van der Waals surface area contributed by atoms with Gasteiger partial charge < -0.3 is 4.74 Å². The molecule has 2 nitrogen and oxygen atoms in total. The minimum absolute atomic E-state index is 0.182. The first kappa shape index (κ1) is 9.21. The van der Waals surface area contributed by atoms with Crippen LogP contribution in [0, 0.1) is 0 Å². The van der Waals surface area contributed by atoms with E-state index in [0.717, 1.165) is 14.4 Å². The highest BCUT2D eigenvalue weighted by Gasteiger charge is 2.33. The van der Waals surface area contributed by atoms with Gasteiger partial charge in [-0.3, -0.25) is 4.79 Å². The second-order valence-electron chi connectivity index (χ2n) is 3.71. The number of thiophene rings is 1. The molecule has 1 aromatic heterocycles. The van der Waals surface area contributed by atoms with E-state index in [2.05, 4.69) is 15.9 Å². The zero-order valence-electron chi connectivity index (χ0n) is 7.39. The van der Waals surface area contributed by atoms with Crippen molar-refractivity contribution in [3.05, 3.63) is 14.7 Å². The molecule has 70 valence electrons. The maximum Gasteiger partial charge on any atom is 0.180 e. The Hall–Kier alpha value is -0.350. The van der Waals surface area contributed by atoms with Crippen LogP contribution in [-0.2, 0) is 0 Å². The van der Waals surface area contributed by atoms with Gasteiger partial charge in [-0.1, -0.05) is 0 Å². The summed E-state index contributed by atoms with van der Waals surface area (Å²) in [5.74, 6) is 0.903. The van der Waals surface area contributed by atoms with Crippen LogP contribution < -0.4 is 4.74 Å². The van der Waals surface area contributed by atoms with E-state index < -0.39 is 0 Å². The lowest BCUT2D eigenvalue weighted by atomic mass is 9.98. The van der Waals surface area contributed by atoms with Gasteiger partial charge >= 0.3 is 0 Å². The van der Waals surface area contributed by atoms with Crippen molar-refractivity contribution in [2.75, 3.05) is 0 Å². The fourth-order valence-corrected chi connectivity index (χ4v) is 2.86. The van der Waals surface area contributed by atoms with Gasteiger partial charge in [0, 0.05) is 6.07 Å². The molecule has 13 heavy (non-hydrogen) atoms. The van der Waals surface area contributed by atoms with Crippen LogP contribution in [-0.4, -0.2) is 11.4 Å². The Bertz CT molecular complexity index is 368. The van der Waals surface area contributed by atoms with Crippen molar-refractivity contribution in [1.82, 2.24) is 0 Å². The van der Waals surface area contributed by atoms with Crippen LogP contribution >= 0.6 is 27.3 Å². The van der Waals surface area contributed by atoms with Crippen LogP contribution in [0.1, 0.15) is 29.9 Å². The van der Waals surface area contributed by atoms with Gasteiger partial charge in [-0.25, -0.2) is 0 Å². The molecule has 0 unspecified atom stereocenters. The number of halogens is 1. The molecule has 0 atom stereocenters. The lowest BCUT2D eigenvalue weighted by molar-refractivity contribution is 0.0631. The fourth-order valence-electron chi connectivity index (χ4n) is 1.42.